The summed E-state index contributed by atoms with van der Waals surface area (Å²) >= 11 is 6.02. The van der Waals surface area contributed by atoms with Crippen LogP contribution in [-0.4, -0.2) is 40.4 Å². The van der Waals surface area contributed by atoms with Gasteiger partial charge in [-0.15, -0.1) is 0 Å². The summed E-state index contributed by atoms with van der Waals surface area (Å²) in [6.45, 7) is -0.409. The molecule has 8 nitrogen and oxygen atoms in total. The number of methoxy groups -OCH3 is 1. The number of carbonyl (C=O) groups is 2. The Bertz CT molecular complexity index is 992. The minimum absolute atomic E-state index is 0.134. The fourth-order valence-electron chi connectivity index (χ4n) is 2.69. The molecule has 0 bridgehead atoms. The van der Waals surface area contributed by atoms with Gasteiger partial charge in [-0.25, -0.2) is 9.67 Å². The van der Waals surface area contributed by atoms with Crippen LogP contribution in [0.5, 0.6) is 5.75 Å². The SMILES string of the molecule is COc1ccccc1CCC(=O)OCC(=O)Nc1cc(Cl)ccc1-n1cncn1. The number of esters is 1. The molecule has 2 aromatic carbocycles. The summed E-state index contributed by atoms with van der Waals surface area (Å²) in [6.07, 6.45) is 3.46. The van der Waals surface area contributed by atoms with E-state index in [1.807, 2.05) is 24.3 Å². The van der Waals surface area contributed by atoms with E-state index in [9.17, 15) is 9.59 Å². The van der Waals surface area contributed by atoms with Crippen LogP contribution in [0.25, 0.3) is 5.69 Å². The van der Waals surface area contributed by atoms with Crippen molar-refractivity contribution in [3.05, 3.63) is 65.7 Å². The normalized spacial score (nSPS) is 10.4. The number of aryl methyl sites for hydroxylation is 1. The number of rotatable bonds is 8. The largest absolute Gasteiger partial charge is 0.496 e. The Morgan fingerprint density at radius 1 is 1.21 bits per heavy atom. The lowest BCUT2D eigenvalue weighted by atomic mass is 10.1. The lowest BCUT2D eigenvalue weighted by Gasteiger charge is -2.12. The molecule has 3 aromatic rings. The van der Waals surface area contributed by atoms with E-state index in [1.165, 1.54) is 17.3 Å². The number of aromatic nitrogens is 3. The van der Waals surface area contributed by atoms with Crippen molar-refractivity contribution in [2.45, 2.75) is 12.8 Å². The molecule has 1 heterocycles. The van der Waals surface area contributed by atoms with Crippen molar-refractivity contribution in [3.8, 4) is 11.4 Å². The molecule has 0 aliphatic heterocycles. The number of benzene rings is 2. The van der Waals surface area contributed by atoms with Crippen molar-refractivity contribution in [2.24, 2.45) is 0 Å². The third kappa shape index (κ3) is 5.55. The maximum absolute atomic E-state index is 12.2. The molecule has 150 valence electrons. The van der Waals surface area contributed by atoms with Crippen molar-refractivity contribution in [2.75, 3.05) is 19.0 Å². The Balaban J connectivity index is 1.54. The highest BCUT2D eigenvalue weighted by Gasteiger charge is 2.13. The van der Waals surface area contributed by atoms with Crippen LogP contribution in [0.1, 0.15) is 12.0 Å². The lowest BCUT2D eigenvalue weighted by molar-refractivity contribution is -0.147. The quantitative estimate of drug-likeness (QED) is 0.569. The van der Waals surface area contributed by atoms with E-state index >= 15 is 0 Å². The van der Waals surface area contributed by atoms with E-state index in [0.717, 1.165) is 5.56 Å². The Labute approximate surface area is 172 Å². The topological polar surface area (TPSA) is 95.3 Å². The van der Waals surface area contributed by atoms with Crippen LogP contribution in [0, 0.1) is 0 Å². The first-order chi connectivity index (χ1) is 14.1. The van der Waals surface area contributed by atoms with Gasteiger partial charge in [-0.3, -0.25) is 9.59 Å². The molecule has 0 aliphatic rings. The molecule has 0 unspecified atom stereocenters. The molecule has 0 atom stereocenters. The third-order valence-electron chi connectivity index (χ3n) is 4.05. The predicted molar refractivity (Wildman–Crippen MR) is 107 cm³/mol. The fourth-order valence-corrected chi connectivity index (χ4v) is 2.86. The Hall–Kier alpha value is -3.39. The zero-order valence-corrected chi connectivity index (χ0v) is 16.4. The predicted octanol–water partition coefficient (Wildman–Crippen LogP) is 3.04. The minimum Gasteiger partial charge on any atom is -0.496 e. The number of anilines is 1. The van der Waals surface area contributed by atoms with E-state index in [4.69, 9.17) is 21.1 Å². The maximum Gasteiger partial charge on any atom is 0.306 e. The molecule has 0 saturated heterocycles. The van der Waals surface area contributed by atoms with E-state index in [1.54, 1.807) is 25.3 Å². The smallest absolute Gasteiger partial charge is 0.306 e. The van der Waals surface area contributed by atoms with Crippen LogP contribution in [-0.2, 0) is 20.7 Å². The van der Waals surface area contributed by atoms with E-state index < -0.39 is 18.5 Å². The van der Waals surface area contributed by atoms with Crippen molar-refractivity contribution in [1.82, 2.24) is 14.8 Å². The number of para-hydroxylation sites is 1. The van der Waals surface area contributed by atoms with Crippen molar-refractivity contribution >= 4 is 29.2 Å². The number of halogens is 1. The fraction of sp³-hybridized carbons (Fsp3) is 0.200. The molecule has 0 aliphatic carbocycles. The summed E-state index contributed by atoms with van der Waals surface area (Å²) in [4.78, 5) is 28.1. The molecule has 0 spiro atoms. The van der Waals surface area contributed by atoms with Gasteiger partial charge in [0.05, 0.1) is 18.5 Å². The average Bonchev–Trinajstić information content (AvgIpc) is 3.25. The van der Waals surface area contributed by atoms with Crippen LogP contribution in [0.4, 0.5) is 5.69 Å². The number of nitrogens with zero attached hydrogens (tertiary/aromatic N) is 3. The number of hydrogen-bond acceptors (Lipinski definition) is 6. The Kier molecular flexibility index (Phi) is 6.80. The molecule has 0 saturated carbocycles. The molecule has 0 fully saturated rings. The second-order valence-electron chi connectivity index (χ2n) is 6.02. The molecular formula is C20H19ClN4O4. The second kappa shape index (κ2) is 9.70. The van der Waals surface area contributed by atoms with Gasteiger partial charge < -0.3 is 14.8 Å². The van der Waals surface area contributed by atoms with Gasteiger partial charge in [0, 0.05) is 11.4 Å². The summed E-state index contributed by atoms with van der Waals surface area (Å²) in [5.74, 6) is -0.257. The highest BCUT2D eigenvalue weighted by Crippen LogP contribution is 2.24. The van der Waals surface area contributed by atoms with Crippen LogP contribution >= 0.6 is 11.6 Å². The van der Waals surface area contributed by atoms with Crippen molar-refractivity contribution in [3.63, 3.8) is 0 Å². The van der Waals surface area contributed by atoms with Crippen molar-refractivity contribution < 1.29 is 19.1 Å². The zero-order valence-electron chi connectivity index (χ0n) is 15.7. The highest BCUT2D eigenvalue weighted by molar-refractivity contribution is 6.31. The summed E-state index contributed by atoms with van der Waals surface area (Å²) in [6, 6.07) is 12.4. The third-order valence-corrected chi connectivity index (χ3v) is 4.29. The van der Waals surface area contributed by atoms with Crippen LogP contribution < -0.4 is 10.1 Å². The number of nitrogens with one attached hydrogen (secondary N) is 1. The van der Waals surface area contributed by atoms with Crippen LogP contribution in [0.15, 0.2) is 55.1 Å². The summed E-state index contributed by atoms with van der Waals surface area (Å²) < 4.78 is 11.8. The zero-order chi connectivity index (χ0) is 20.6. The highest BCUT2D eigenvalue weighted by atomic mass is 35.5. The maximum atomic E-state index is 12.2. The monoisotopic (exact) mass is 414 g/mol. The lowest BCUT2D eigenvalue weighted by Crippen LogP contribution is -2.22. The van der Waals surface area contributed by atoms with Gasteiger partial charge in [-0.2, -0.15) is 5.10 Å². The molecule has 9 heteroatoms. The molecule has 1 amide bonds. The van der Waals surface area contributed by atoms with Gasteiger partial charge >= 0.3 is 5.97 Å². The number of ether oxygens (including phenoxy) is 2. The van der Waals surface area contributed by atoms with Crippen LogP contribution in [0.2, 0.25) is 5.02 Å². The van der Waals surface area contributed by atoms with E-state index in [0.29, 0.717) is 28.6 Å². The average molecular weight is 415 g/mol. The molecule has 1 N–H and O–H groups in total. The van der Waals surface area contributed by atoms with Gasteiger partial charge in [0.15, 0.2) is 6.61 Å². The standard InChI is InChI=1S/C20H19ClN4O4/c1-28-18-5-3-2-4-14(18)6-9-20(27)29-11-19(26)24-16-10-15(21)7-8-17(16)25-13-22-12-23-25/h2-5,7-8,10,12-13H,6,9,11H2,1H3,(H,24,26). The molecular weight excluding hydrogens is 396 g/mol. The van der Waals surface area contributed by atoms with E-state index in [2.05, 4.69) is 15.4 Å². The molecule has 0 radical (unpaired) electrons. The molecule has 3 rings (SSSR count). The first-order valence-corrected chi connectivity index (χ1v) is 9.16. The summed E-state index contributed by atoms with van der Waals surface area (Å²) in [7, 11) is 1.57. The number of amides is 1. The summed E-state index contributed by atoms with van der Waals surface area (Å²) in [5, 5.41) is 7.16. The Morgan fingerprint density at radius 3 is 2.79 bits per heavy atom. The van der Waals surface area contributed by atoms with Gasteiger partial charge in [-0.1, -0.05) is 29.8 Å². The first kappa shape index (κ1) is 20.3. The van der Waals surface area contributed by atoms with Gasteiger partial charge in [0.25, 0.3) is 5.91 Å². The number of carbonyl (C=O) groups excluding carboxylic acids is 2. The number of hydrogen-bond donors (Lipinski definition) is 1. The Morgan fingerprint density at radius 2 is 2.03 bits per heavy atom. The second-order valence-corrected chi connectivity index (χ2v) is 6.46. The first-order valence-electron chi connectivity index (χ1n) is 8.78. The summed E-state index contributed by atoms with van der Waals surface area (Å²) in [5.41, 5.74) is 1.91. The molecule has 29 heavy (non-hydrogen) atoms. The van der Waals surface area contributed by atoms with Crippen LogP contribution in [0.3, 0.4) is 0 Å². The minimum atomic E-state index is -0.487. The van der Waals surface area contributed by atoms with Gasteiger partial charge in [-0.05, 0) is 36.2 Å². The molecule has 1 aromatic heterocycles. The van der Waals surface area contributed by atoms with Gasteiger partial charge in [0.2, 0.25) is 0 Å². The van der Waals surface area contributed by atoms with Gasteiger partial charge in [0.1, 0.15) is 18.4 Å². The van der Waals surface area contributed by atoms with Crippen molar-refractivity contribution in [1.29, 1.82) is 0 Å². The van der Waals surface area contributed by atoms with E-state index in [-0.39, 0.29) is 6.42 Å².